The van der Waals surface area contributed by atoms with E-state index in [0.29, 0.717) is 11.3 Å². The molecule has 1 aliphatic carbocycles. The van der Waals surface area contributed by atoms with Gasteiger partial charge in [-0.15, -0.1) is 0 Å². The molecule has 3 N–H and O–H groups in total. The van der Waals surface area contributed by atoms with E-state index in [1.165, 1.54) is 25.7 Å². The summed E-state index contributed by atoms with van der Waals surface area (Å²) in [5.74, 6) is 7.54. The first-order valence-corrected chi connectivity index (χ1v) is 7.57. The first-order chi connectivity index (χ1) is 9.10. The Labute approximate surface area is 116 Å². The van der Waals surface area contributed by atoms with Gasteiger partial charge in [0, 0.05) is 18.9 Å². The Balaban J connectivity index is 2.25. The molecule has 4 heteroatoms. The quantitative estimate of drug-likeness (QED) is 0.635. The van der Waals surface area contributed by atoms with E-state index in [1.807, 2.05) is 6.20 Å². The molecule has 2 atom stereocenters. The highest BCUT2D eigenvalue weighted by molar-refractivity contribution is 5.04. The molecule has 2 rings (SSSR count). The van der Waals surface area contributed by atoms with Crippen LogP contribution in [-0.2, 0) is 6.54 Å². The van der Waals surface area contributed by atoms with E-state index in [4.69, 9.17) is 5.84 Å². The number of hydrazine groups is 1. The lowest BCUT2D eigenvalue weighted by atomic mass is 9.66. The molecule has 0 aromatic carbocycles. The lowest BCUT2D eigenvalue weighted by Crippen LogP contribution is -2.43. The third kappa shape index (κ3) is 3.00. The number of nitrogens with zero attached hydrogens (tertiary/aromatic N) is 2. The summed E-state index contributed by atoms with van der Waals surface area (Å²) in [6.07, 6.45) is 10.2. The Morgan fingerprint density at radius 2 is 2.32 bits per heavy atom. The number of aryl methyl sites for hydroxylation is 1. The van der Waals surface area contributed by atoms with Crippen LogP contribution in [0.15, 0.2) is 12.4 Å². The third-order valence-corrected chi connectivity index (χ3v) is 4.66. The van der Waals surface area contributed by atoms with Crippen molar-refractivity contribution >= 4 is 0 Å². The van der Waals surface area contributed by atoms with E-state index in [2.05, 4.69) is 41.9 Å². The zero-order valence-electron chi connectivity index (χ0n) is 12.5. The molecule has 1 aromatic rings. The number of hydrogen-bond acceptors (Lipinski definition) is 3. The molecule has 0 spiro atoms. The van der Waals surface area contributed by atoms with E-state index >= 15 is 0 Å². The predicted octanol–water partition coefficient (Wildman–Crippen LogP) is 3.01. The largest absolute Gasteiger partial charge is 0.334 e. The minimum Gasteiger partial charge on any atom is -0.334 e. The van der Waals surface area contributed by atoms with Gasteiger partial charge in [0.15, 0.2) is 0 Å². The van der Waals surface area contributed by atoms with Crippen LogP contribution in [-0.4, -0.2) is 9.55 Å². The Bertz CT molecular complexity index is 397. The van der Waals surface area contributed by atoms with Crippen LogP contribution in [0, 0.1) is 11.3 Å². The summed E-state index contributed by atoms with van der Waals surface area (Å²) in [6.45, 7) is 7.95. The van der Waals surface area contributed by atoms with E-state index in [1.54, 1.807) is 0 Å². The Kier molecular flexibility index (Phi) is 4.63. The van der Waals surface area contributed by atoms with Crippen molar-refractivity contribution in [2.24, 2.45) is 17.2 Å². The highest BCUT2D eigenvalue weighted by Gasteiger charge is 2.39. The molecule has 1 aromatic heterocycles. The molecule has 1 saturated carbocycles. The second-order valence-corrected chi connectivity index (χ2v) is 6.46. The number of imidazole rings is 1. The molecule has 4 nitrogen and oxygen atoms in total. The minimum atomic E-state index is 0.164. The average Bonchev–Trinajstić information content (AvgIpc) is 2.81. The zero-order chi connectivity index (χ0) is 13.9. The van der Waals surface area contributed by atoms with Crippen LogP contribution in [0.1, 0.15) is 64.7 Å². The Hall–Kier alpha value is -0.870. The van der Waals surface area contributed by atoms with Crippen LogP contribution < -0.4 is 11.3 Å². The molecule has 0 radical (unpaired) electrons. The first kappa shape index (κ1) is 14.5. The minimum absolute atomic E-state index is 0.164. The second-order valence-electron chi connectivity index (χ2n) is 6.46. The summed E-state index contributed by atoms with van der Waals surface area (Å²) in [4.78, 5) is 4.57. The maximum absolute atomic E-state index is 5.88. The molecule has 0 aliphatic heterocycles. The molecule has 1 heterocycles. The molecule has 1 aliphatic rings. The Morgan fingerprint density at radius 1 is 1.53 bits per heavy atom. The van der Waals surface area contributed by atoms with E-state index < -0.39 is 0 Å². The number of nitrogens with one attached hydrogen (secondary N) is 1. The fourth-order valence-electron chi connectivity index (χ4n) is 3.54. The van der Waals surface area contributed by atoms with Crippen molar-refractivity contribution in [1.82, 2.24) is 15.0 Å². The van der Waals surface area contributed by atoms with E-state index in [9.17, 15) is 0 Å². The standard InChI is InChI=1S/C15H28N4/c1-4-10-19-11-9-17-14(19)13(18-16)12-7-5-6-8-15(12,2)3/h9,11-13,18H,4-8,10,16H2,1-3H3. The van der Waals surface area contributed by atoms with Crippen molar-refractivity contribution in [2.75, 3.05) is 0 Å². The zero-order valence-corrected chi connectivity index (χ0v) is 12.5. The molecule has 2 unspecified atom stereocenters. The van der Waals surface area contributed by atoms with Gasteiger partial charge in [-0.3, -0.25) is 5.84 Å². The Morgan fingerprint density at radius 3 is 2.95 bits per heavy atom. The fourth-order valence-corrected chi connectivity index (χ4v) is 3.54. The monoisotopic (exact) mass is 264 g/mol. The van der Waals surface area contributed by atoms with Gasteiger partial charge in [0.2, 0.25) is 0 Å². The van der Waals surface area contributed by atoms with Gasteiger partial charge in [0.1, 0.15) is 5.82 Å². The number of hydrogen-bond donors (Lipinski definition) is 2. The normalized spacial score (nSPS) is 24.3. The number of rotatable bonds is 5. The van der Waals surface area contributed by atoms with Gasteiger partial charge >= 0.3 is 0 Å². The number of nitrogens with two attached hydrogens (primary N) is 1. The SMILES string of the molecule is CCCn1ccnc1C(NN)C1CCCCC1(C)C. The topological polar surface area (TPSA) is 55.9 Å². The summed E-state index contributed by atoms with van der Waals surface area (Å²) in [5.41, 5.74) is 3.38. The summed E-state index contributed by atoms with van der Waals surface area (Å²) in [5, 5.41) is 0. The lowest BCUT2D eigenvalue weighted by Gasteiger charge is -2.42. The van der Waals surface area contributed by atoms with Crippen LogP contribution in [0.4, 0.5) is 0 Å². The van der Waals surface area contributed by atoms with Crippen LogP contribution in [0.3, 0.4) is 0 Å². The fraction of sp³-hybridized carbons (Fsp3) is 0.800. The van der Waals surface area contributed by atoms with Gasteiger partial charge < -0.3 is 4.57 Å². The van der Waals surface area contributed by atoms with Gasteiger partial charge in [0.25, 0.3) is 0 Å². The summed E-state index contributed by atoms with van der Waals surface area (Å²) in [6, 6.07) is 0.164. The lowest BCUT2D eigenvalue weighted by molar-refractivity contribution is 0.0934. The van der Waals surface area contributed by atoms with Gasteiger partial charge in [-0.1, -0.05) is 33.6 Å². The van der Waals surface area contributed by atoms with Gasteiger partial charge in [-0.2, -0.15) is 0 Å². The summed E-state index contributed by atoms with van der Waals surface area (Å²) < 4.78 is 2.25. The molecular formula is C15H28N4. The highest BCUT2D eigenvalue weighted by Crippen LogP contribution is 2.46. The molecule has 19 heavy (non-hydrogen) atoms. The van der Waals surface area contributed by atoms with Crippen molar-refractivity contribution in [1.29, 1.82) is 0 Å². The van der Waals surface area contributed by atoms with E-state index in [-0.39, 0.29) is 6.04 Å². The second kappa shape index (κ2) is 6.06. The average molecular weight is 264 g/mol. The number of aromatic nitrogens is 2. The molecular weight excluding hydrogens is 236 g/mol. The van der Waals surface area contributed by atoms with Crippen LogP contribution in [0.25, 0.3) is 0 Å². The van der Waals surface area contributed by atoms with Gasteiger partial charge in [-0.05, 0) is 30.6 Å². The van der Waals surface area contributed by atoms with Crippen LogP contribution in [0.5, 0.6) is 0 Å². The van der Waals surface area contributed by atoms with Crippen molar-refractivity contribution in [3.05, 3.63) is 18.2 Å². The molecule has 1 fully saturated rings. The van der Waals surface area contributed by atoms with Crippen molar-refractivity contribution in [3.63, 3.8) is 0 Å². The summed E-state index contributed by atoms with van der Waals surface area (Å²) in [7, 11) is 0. The van der Waals surface area contributed by atoms with Crippen LogP contribution in [0.2, 0.25) is 0 Å². The van der Waals surface area contributed by atoms with Crippen molar-refractivity contribution < 1.29 is 0 Å². The summed E-state index contributed by atoms with van der Waals surface area (Å²) >= 11 is 0. The van der Waals surface area contributed by atoms with Crippen LogP contribution >= 0.6 is 0 Å². The maximum Gasteiger partial charge on any atom is 0.127 e. The van der Waals surface area contributed by atoms with Gasteiger partial charge in [-0.25, -0.2) is 10.4 Å². The van der Waals surface area contributed by atoms with E-state index in [0.717, 1.165) is 18.8 Å². The maximum atomic E-state index is 5.88. The molecule has 108 valence electrons. The smallest absolute Gasteiger partial charge is 0.127 e. The first-order valence-electron chi connectivity index (χ1n) is 7.57. The predicted molar refractivity (Wildman–Crippen MR) is 78.3 cm³/mol. The molecule has 0 saturated heterocycles. The molecule has 0 bridgehead atoms. The van der Waals surface area contributed by atoms with Crippen molar-refractivity contribution in [3.8, 4) is 0 Å². The third-order valence-electron chi connectivity index (χ3n) is 4.66. The molecule has 0 amide bonds. The highest BCUT2D eigenvalue weighted by atomic mass is 15.3. The van der Waals surface area contributed by atoms with Crippen molar-refractivity contribution in [2.45, 2.75) is 65.5 Å². The van der Waals surface area contributed by atoms with Gasteiger partial charge in [0.05, 0.1) is 6.04 Å².